The van der Waals surface area contributed by atoms with E-state index in [0.29, 0.717) is 32.7 Å². The average molecular weight is 480 g/mol. The predicted molar refractivity (Wildman–Crippen MR) is 129 cm³/mol. The second kappa shape index (κ2) is 10.6. The molecule has 2 aromatic carbocycles. The molecule has 1 fully saturated rings. The maximum absolute atomic E-state index is 12.6. The molecule has 184 valence electrons. The van der Waals surface area contributed by atoms with Crippen molar-refractivity contribution < 1.29 is 28.7 Å². The second-order valence-electron chi connectivity index (χ2n) is 8.52. The summed E-state index contributed by atoms with van der Waals surface area (Å²) < 4.78 is 10.4. The fourth-order valence-corrected chi connectivity index (χ4v) is 4.25. The third-order valence-corrected chi connectivity index (χ3v) is 6.34. The minimum Gasteiger partial charge on any atom is -0.497 e. The lowest BCUT2D eigenvalue weighted by atomic mass is 10.1. The van der Waals surface area contributed by atoms with Crippen LogP contribution < -0.4 is 9.64 Å². The molecule has 1 saturated heterocycles. The number of imide groups is 1. The van der Waals surface area contributed by atoms with Gasteiger partial charge in [-0.2, -0.15) is 0 Å². The van der Waals surface area contributed by atoms with Crippen LogP contribution in [0.1, 0.15) is 50.8 Å². The van der Waals surface area contributed by atoms with Crippen LogP contribution in [0.5, 0.6) is 5.75 Å². The summed E-state index contributed by atoms with van der Waals surface area (Å²) in [6.45, 7) is 4.32. The number of unbranched alkanes of at least 4 members (excludes halogenated alkanes) is 1. The lowest BCUT2D eigenvalue weighted by Crippen LogP contribution is -2.49. The van der Waals surface area contributed by atoms with E-state index in [1.165, 1.54) is 23.1 Å². The highest BCUT2D eigenvalue weighted by atomic mass is 16.5. The van der Waals surface area contributed by atoms with Crippen molar-refractivity contribution in [3.05, 3.63) is 59.2 Å². The predicted octanol–water partition coefficient (Wildman–Crippen LogP) is 2.60. The number of esters is 1. The summed E-state index contributed by atoms with van der Waals surface area (Å²) in [5.41, 5.74) is 1.68. The van der Waals surface area contributed by atoms with Crippen LogP contribution in [0.15, 0.2) is 42.5 Å². The van der Waals surface area contributed by atoms with Crippen LogP contribution in [0.4, 0.5) is 5.69 Å². The molecule has 3 amide bonds. The molecule has 0 atom stereocenters. The first-order valence-corrected chi connectivity index (χ1v) is 11.8. The molecule has 35 heavy (non-hydrogen) atoms. The molecule has 0 N–H and O–H groups in total. The Hall–Kier alpha value is -3.88. The second-order valence-corrected chi connectivity index (χ2v) is 8.52. The number of carbonyl (C=O) groups excluding carboxylic acids is 4. The van der Waals surface area contributed by atoms with E-state index in [4.69, 9.17) is 9.47 Å². The van der Waals surface area contributed by atoms with E-state index in [-0.39, 0.29) is 35.1 Å². The molecule has 9 heteroatoms. The van der Waals surface area contributed by atoms with Crippen LogP contribution >= 0.6 is 0 Å². The van der Waals surface area contributed by atoms with Crippen LogP contribution in [0.25, 0.3) is 0 Å². The minimum absolute atomic E-state index is 0.138. The van der Waals surface area contributed by atoms with Crippen molar-refractivity contribution >= 4 is 29.4 Å². The molecular weight excluding hydrogens is 450 g/mol. The number of ether oxygens (including phenoxy) is 2. The summed E-state index contributed by atoms with van der Waals surface area (Å²) in [7, 11) is 1.62. The lowest BCUT2D eigenvalue weighted by molar-refractivity contribution is -0.134. The van der Waals surface area contributed by atoms with Gasteiger partial charge >= 0.3 is 5.97 Å². The number of anilines is 1. The van der Waals surface area contributed by atoms with E-state index in [1.54, 1.807) is 12.0 Å². The standard InChI is InChI=1S/C26H29N3O6/c1-3-4-11-29-24(31)21-10-5-18(16-22(21)25(29)32)26(33)35-17-23(30)28-14-12-27(13-15-28)19-6-8-20(34-2)9-7-19/h5-10,16H,3-4,11-15,17H2,1-2H3. The molecule has 2 heterocycles. The zero-order chi connectivity index (χ0) is 24.9. The molecule has 2 aliphatic rings. The molecule has 0 bridgehead atoms. The Morgan fingerprint density at radius 2 is 1.60 bits per heavy atom. The van der Waals surface area contributed by atoms with E-state index in [1.807, 2.05) is 31.2 Å². The molecule has 0 radical (unpaired) electrons. The number of hydrogen-bond acceptors (Lipinski definition) is 7. The number of fused-ring (bicyclic) bond motifs is 1. The molecule has 2 aliphatic heterocycles. The maximum atomic E-state index is 12.6. The Morgan fingerprint density at radius 3 is 2.26 bits per heavy atom. The summed E-state index contributed by atoms with van der Waals surface area (Å²) >= 11 is 0. The summed E-state index contributed by atoms with van der Waals surface area (Å²) in [5, 5.41) is 0. The molecule has 9 nitrogen and oxygen atoms in total. The van der Waals surface area contributed by atoms with E-state index < -0.39 is 11.9 Å². The van der Waals surface area contributed by atoms with Gasteiger partial charge in [-0.1, -0.05) is 13.3 Å². The van der Waals surface area contributed by atoms with Crippen molar-refractivity contribution in [3.63, 3.8) is 0 Å². The van der Waals surface area contributed by atoms with Crippen molar-refractivity contribution in [2.45, 2.75) is 19.8 Å². The lowest BCUT2D eigenvalue weighted by Gasteiger charge is -2.36. The Morgan fingerprint density at radius 1 is 0.914 bits per heavy atom. The average Bonchev–Trinajstić information content (AvgIpc) is 3.14. The molecule has 0 aliphatic carbocycles. The van der Waals surface area contributed by atoms with Gasteiger partial charge in [0.15, 0.2) is 6.61 Å². The zero-order valence-corrected chi connectivity index (χ0v) is 20.0. The van der Waals surface area contributed by atoms with Crippen molar-refractivity contribution in [2.24, 2.45) is 0 Å². The largest absolute Gasteiger partial charge is 0.497 e. The van der Waals surface area contributed by atoms with Crippen molar-refractivity contribution in [3.8, 4) is 5.75 Å². The number of hydrogen-bond donors (Lipinski definition) is 0. The normalized spacial score (nSPS) is 15.3. The van der Waals surface area contributed by atoms with Gasteiger partial charge in [0, 0.05) is 38.4 Å². The van der Waals surface area contributed by atoms with Crippen LogP contribution in [0.3, 0.4) is 0 Å². The Balaban J connectivity index is 1.29. The van der Waals surface area contributed by atoms with Gasteiger partial charge in [0.05, 0.1) is 23.8 Å². The first kappa shape index (κ1) is 24.3. The third kappa shape index (κ3) is 5.13. The monoisotopic (exact) mass is 479 g/mol. The summed E-state index contributed by atoms with van der Waals surface area (Å²) in [5.74, 6) is -0.935. The van der Waals surface area contributed by atoms with Crippen molar-refractivity contribution in [1.82, 2.24) is 9.80 Å². The van der Waals surface area contributed by atoms with Gasteiger partial charge in [0.25, 0.3) is 17.7 Å². The van der Waals surface area contributed by atoms with E-state index in [9.17, 15) is 19.2 Å². The smallest absolute Gasteiger partial charge is 0.338 e. The van der Waals surface area contributed by atoms with E-state index >= 15 is 0 Å². The highest BCUT2D eigenvalue weighted by Gasteiger charge is 2.35. The summed E-state index contributed by atoms with van der Waals surface area (Å²) in [4.78, 5) is 55.3. The topological polar surface area (TPSA) is 96.5 Å². The van der Waals surface area contributed by atoms with Gasteiger partial charge in [0.1, 0.15) is 5.75 Å². The zero-order valence-electron chi connectivity index (χ0n) is 20.0. The molecular formula is C26H29N3O6. The number of amides is 3. The van der Waals surface area contributed by atoms with Gasteiger partial charge in [-0.05, 0) is 48.9 Å². The summed E-state index contributed by atoms with van der Waals surface area (Å²) in [6, 6.07) is 12.1. The summed E-state index contributed by atoms with van der Waals surface area (Å²) in [6.07, 6.45) is 1.58. The van der Waals surface area contributed by atoms with E-state index in [2.05, 4.69) is 4.90 Å². The van der Waals surface area contributed by atoms with Gasteiger partial charge in [0.2, 0.25) is 0 Å². The van der Waals surface area contributed by atoms with Gasteiger partial charge < -0.3 is 19.3 Å². The SMILES string of the molecule is CCCCN1C(=O)c2ccc(C(=O)OCC(=O)N3CCN(c4ccc(OC)cc4)CC3)cc2C1=O. The maximum Gasteiger partial charge on any atom is 0.338 e. The Bertz CT molecular complexity index is 1120. The van der Waals surface area contributed by atoms with Crippen molar-refractivity contribution in [2.75, 3.05) is 51.3 Å². The number of piperazine rings is 1. The number of carbonyl (C=O) groups is 4. The number of nitrogens with zero attached hydrogens (tertiary/aromatic N) is 3. The van der Waals surface area contributed by atoms with Gasteiger partial charge in [-0.25, -0.2) is 4.79 Å². The third-order valence-electron chi connectivity index (χ3n) is 6.34. The van der Waals surface area contributed by atoms with Crippen LogP contribution in [0.2, 0.25) is 0 Å². The highest BCUT2D eigenvalue weighted by molar-refractivity contribution is 6.22. The minimum atomic E-state index is -0.703. The van der Waals surface area contributed by atoms with Gasteiger partial charge in [-0.3, -0.25) is 19.3 Å². The first-order chi connectivity index (χ1) is 16.9. The molecule has 0 aromatic heterocycles. The molecule has 0 spiro atoms. The molecule has 2 aromatic rings. The van der Waals surface area contributed by atoms with Gasteiger partial charge in [-0.15, -0.1) is 0 Å². The first-order valence-electron chi connectivity index (χ1n) is 11.8. The highest BCUT2D eigenvalue weighted by Crippen LogP contribution is 2.25. The molecule has 4 rings (SSSR count). The Kier molecular flexibility index (Phi) is 7.33. The fraction of sp³-hybridized carbons (Fsp3) is 0.385. The Labute approximate surface area is 204 Å². The van der Waals surface area contributed by atoms with Crippen LogP contribution in [0, 0.1) is 0 Å². The fourth-order valence-electron chi connectivity index (χ4n) is 4.25. The molecule has 0 unspecified atom stereocenters. The quantitative estimate of drug-likeness (QED) is 0.424. The number of benzene rings is 2. The van der Waals surface area contributed by atoms with Crippen molar-refractivity contribution in [1.29, 1.82) is 0 Å². The molecule has 0 saturated carbocycles. The van der Waals surface area contributed by atoms with E-state index in [0.717, 1.165) is 24.3 Å². The number of rotatable bonds is 8. The van der Waals surface area contributed by atoms with Crippen LogP contribution in [-0.4, -0.2) is 79.9 Å². The van der Waals surface area contributed by atoms with Crippen LogP contribution in [-0.2, 0) is 9.53 Å². The number of methoxy groups -OCH3 is 1.